The maximum Gasteiger partial charge on any atom is 0.287 e. The van der Waals surface area contributed by atoms with E-state index in [9.17, 15) is 4.79 Å². The van der Waals surface area contributed by atoms with E-state index >= 15 is 0 Å². The van der Waals surface area contributed by atoms with E-state index in [1.165, 1.54) is 5.56 Å². The molecule has 6 heteroatoms. The Hall–Kier alpha value is -2.67. The number of hydrogen-bond acceptors (Lipinski definition) is 5. The van der Waals surface area contributed by atoms with Crippen LogP contribution in [0.3, 0.4) is 0 Å². The average molecular weight is 408 g/mol. The molecule has 158 valence electrons. The summed E-state index contributed by atoms with van der Waals surface area (Å²) in [5.74, 6) is 0.173. The van der Waals surface area contributed by atoms with E-state index in [0.717, 1.165) is 50.2 Å². The lowest BCUT2D eigenvalue weighted by molar-refractivity contribution is 0.0903. The molecule has 1 fully saturated rings. The van der Waals surface area contributed by atoms with E-state index in [4.69, 9.17) is 9.15 Å². The largest absolute Gasteiger partial charge is 0.451 e. The van der Waals surface area contributed by atoms with Crippen LogP contribution in [0.2, 0.25) is 0 Å². The summed E-state index contributed by atoms with van der Waals surface area (Å²) < 4.78 is 11.1. The molecular weight excluding hydrogens is 378 g/mol. The SMILES string of the molecule is COCc1c(C(=O)NCCN2CCN(Cc3ccccc3)CC2)oc2ccccc12. The van der Waals surface area contributed by atoms with E-state index in [-0.39, 0.29) is 5.91 Å². The molecule has 0 spiro atoms. The van der Waals surface area contributed by atoms with Gasteiger partial charge in [-0.3, -0.25) is 14.6 Å². The Morgan fingerprint density at radius 3 is 2.47 bits per heavy atom. The average Bonchev–Trinajstić information content (AvgIpc) is 3.15. The van der Waals surface area contributed by atoms with Crippen molar-refractivity contribution in [2.24, 2.45) is 0 Å². The van der Waals surface area contributed by atoms with Crippen LogP contribution >= 0.6 is 0 Å². The fourth-order valence-electron chi connectivity index (χ4n) is 3.99. The topological polar surface area (TPSA) is 58.0 Å². The van der Waals surface area contributed by atoms with Crippen LogP contribution in [-0.2, 0) is 17.9 Å². The van der Waals surface area contributed by atoms with Gasteiger partial charge in [-0.15, -0.1) is 0 Å². The van der Waals surface area contributed by atoms with Crippen LogP contribution in [0.5, 0.6) is 0 Å². The van der Waals surface area contributed by atoms with Crippen LogP contribution in [0.15, 0.2) is 59.0 Å². The lowest BCUT2D eigenvalue weighted by Crippen LogP contribution is -2.48. The van der Waals surface area contributed by atoms with Gasteiger partial charge in [0.05, 0.1) is 6.61 Å². The maximum absolute atomic E-state index is 12.7. The Morgan fingerprint density at radius 2 is 1.70 bits per heavy atom. The minimum absolute atomic E-state index is 0.180. The maximum atomic E-state index is 12.7. The van der Waals surface area contributed by atoms with Gasteiger partial charge in [-0.1, -0.05) is 48.5 Å². The van der Waals surface area contributed by atoms with Gasteiger partial charge in [-0.2, -0.15) is 0 Å². The summed E-state index contributed by atoms with van der Waals surface area (Å²) in [7, 11) is 1.63. The van der Waals surface area contributed by atoms with Gasteiger partial charge in [0.15, 0.2) is 5.76 Å². The molecule has 2 aromatic carbocycles. The van der Waals surface area contributed by atoms with Crippen LogP contribution in [0.1, 0.15) is 21.7 Å². The molecule has 2 heterocycles. The smallest absolute Gasteiger partial charge is 0.287 e. The van der Waals surface area contributed by atoms with Gasteiger partial charge in [-0.25, -0.2) is 0 Å². The number of ether oxygens (including phenoxy) is 1. The molecule has 0 aliphatic carbocycles. The third kappa shape index (κ3) is 4.90. The Bertz CT molecular complexity index is 962. The molecule has 3 aromatic rings. The highest BCUT2D eigenvalue weighted by Gasteiger charge is 2.21. The number of para-hydroxylation sites is 1. The number of carbonyl (C=O) groups is 1. The highest BCUT2D eigenvalue weighted by Crippen LogP contribution is 2.26. The van der Waals surface area contributed by atoms with Crippen molar-refractivity contribution in [3.05, 3.63) is 71.5 Å². The highest BCUT2D eigenvalue weighted by atomic mass is 16.5. The van der Waals surface area contributed by atoms with Gasteiger partial charge in [0, 0.05) is 63.9 Å². The van der Waals surface area contributed by atoms with Crippen molar-refractivity contribution in [3.8, 4) is 0 Å². The van der Waals surface area contributed by atoms with Crippen molar-refractivity contribution in [1.82, 2.24) is 15.1 Å². The second kappa shape index (κ2) is 9.89. The number of amides is 1. The van der Waals surface area contributed by atoms with Gasteiger partial charge in [0.1, 0.15) is 5.58 Å². The molecular formula is C24H29N3O3. The predicted octanol–water partition coefficient (Wildman–Crippen LogP) is 3.13. The summed E-state index contributed by atoms with van der Waals surface area (Å²) in [5, 5.41) is 3.94. The molecule has 1 amide bonds. The van der Waals surface area contributed by atoms with E-state index in [2.05, 4.69) is 45.4 Å². The molecule has 6 nitrogen and oxygen atoms in total. The monoisotopic (exact) mass is 407 g/mol. The first-order valence-corrected chi connectivity index (χ1v) is 10.5. The number of methoxy groups -OCH3 is 1. The van der Waals surface area contributed by atoms with Crippen LogP contribution in [0, 0.1) is 0 Å². The third-order valence-electron chi connectivity index (χ3n) is 5.62. The Kier molecular flexibility index (Phi) is 6.79. The van der Waals surface area contributed by atoms with Crippen molar-refractivity contribution in [2.45, 2.75) is 13.2 Å². The molecule has 1 aliphatic rings. The van der Waals surface area contributed by atoms with Crippen molar-refractivity contribution >= 4 is 16.9 Å². The second-order valence-electron chi connectivity index (χ2n) is 7.70. The fourth-order valence-corrected chi connectivity index (χ4v) is 3.99. The van der Waals surface area contributed by atoms with Crippen molar-refractivity contribution in [1.29, 1.82) is 0 Å². The van der Waals surface area contributed by atoms with Gasteiger partial charge in [0.2, 0.25) is 0 Å². The van der Waals surface area contributed by atoms with Crippen LogP contribution in [0.25, 0.3) is 11.0 Å². The molecule has 1 aromatic heterocycles. The quantitative estimate of drug-likeness (QED) is 0.622. The molecule has 0 radical (unpaired) electrons. The summed E-state index contributed by atoms with van der Waals surface area (Å²) in [5.41, 5.74) is 2.88. The van der Waals surface area contributed by atoms with Crippen LogP contribution in [-0.4, -0.2) is 62.1 Å². The minimum Gasteiger partial charge on any atom is -0.451 e. The van der Waals surface area contributed by atoms with Gasteiger partial charge >= 0.3 is 0 Å². The number of benzene rings is 2. The normalized spacial score (nSPS) is 15.5. The Morgan fingerprint density at radius 1 is 1.00 bits per heavy atom. The number of rotatable bonds is 8. The van der Waals surface area contributed by atoms with Crippen molar-refractivity contribution in [2.75, 3.05) is 46.4 Å². The molecule has 4 rings (SSSR count). The number of hydrogen-bond donors (Lipinski definition) is 1. The highest BCUT2D eigenvalue weighted by molar-refractivity contribution is 5.99. The molecule has 30 heavy (non-hydrogen) atoms. The summed E-state index contributed by atoms with van der Waals surface area (Å²) in [4.78, 5) is 17.6. The molecule has 1 saturated heterocycles. The van der Waals surface area contributed by atoms with Gasteiger partial charge in [0.25, 0.3) is 5.91 Å². The van der Waals surface area contributed by atoms with Crippen molar-refractivity contribution < 1.29 is 13.9 Å². The van der Waals surface area contributed by atoms with E-state index < -0.39 is 0 Å². The summed E-state index contributed by atoms with van der Waals surface area (Å²) in [6.45, 7) is 6.91. The van der Waals surface area contributed by atoms with E-state index in [1.807, 2.05) is 24.3 Å². The zero-order valence-corrected chi connectivity index (χ0v) is 17.5. The van der Waals surface area contributed by atoms with E-state index in [0.29, 0.717) is 24.5 Å². The lowest BCUT2D eigenvalue weighted by atomic mass is 10.1. The number of nitrogens with one attached hydrogen (secondary N) is 1. The first kappa shape index (κ1) is 20.6. The van der Waals surface area contributed by atoms with Crippen LogP contribution < -0.4 is 5.32 Å². The first-order valence-electron chi connectivity index (χ1n) is 10.5. The molecule has 1 N–H and O–H groups in total. The van der Waals surface area contributed by atoms with Crippen LogP contribution in [0.4, 0.5) is 0 Å². The molecule has 0 unspecified atom stereocenters. The summed E-state index contributed by atoms with van der Waals surface area (Å²) in [6.07, 6.45) is 0. The zero-order chi connectivity index (χ0) is 20.8. The number of carbonyl (C=O) groups excluding carboxylic acids is 1. The first-order chi connectivity index (χ1) is 14.7. The van der Waals surface area contributed by atoms with E-state index in [1.54, 1.807) is 7.11 Å². The molecule has 0 saturated carbocycles. The Labute approximate surface area is 177 Å². The van der Waals surface area contributed by atoms with Gasteiger partial charge < -0.3 is 14.5 Å². The molecule has 0 bridgehead atoms. The number of fused-ring (bicyclic) bond motifs is 1. The lowest BCUT2D eigenvalue weighted by Gasteiger charge is -2.34. The van der Waals surface area contributed by atoms with Gasteiger partial charge in [-0.05, 0) is 11.6 Å². The molecule has 0 atom stereocenters. The summed E-state index contributed by atoms with van der Waals surface area (Å²) >= 11 is 0. The number of piperazine rings is 1. The second-order valence-corrected chi connectivity index (χ2v) is 7.70. The van der Waals surface area contributed by atoms with Crippen molar-refractivity contribution in [3.63, 3.8) is 0 Å². The fraction of sp³-hybridized carbons (Fsp3) is 0.375. The zero-order valence-electron chi connectivity index (χ0n) is 17.5. The Balaban J connectivity index is 1.26. The standard InChI is InChI=1S/C24H29N3O3/c1-29-18-21-20-9-5-6-10-22(20)30-23(21)24(28)25-11-12-26-13-15-27(16-14-26)17-19-7-3-2-4-8-19/h2-10H,11-18H2,1H3,(H,25,28). The number of furan rings is 1. The predicted molar refractivity (Wildman–Crippen MR) is 117 cm³/mol. The summed E-state index contributed by atoms with van der Waals surface area (Å²) in [6, 6.07) is 18.3. The minimum atomic E-state index is -0.180. The molecule has 1 aliphatic heterocycles. The number of nitrogens with zero attached hydrogens (tertiary/aromatic N) is 2. The third-order valence-corrected chi connectivity index (χ3v) is 5.62.